The summed E-state index contributed by atoms with van der Waals surface area (Å²) in [5.74, 6) is -1.01. The van der Waals surface area contributed by atoms with Gasteiger partial charge in [-0.2, -0.15) is 0 Å². The number of carbonyl (C=O) groups excluding carboxylic acids is 1. The normalized spacial score (nSPS) is 12.3. The quantitative estimate of drug-likeness (QED) is 0.638. The molecule has 1 heterocycles. The van der Waals surface area contributed by atoms with Crippen LogP contribution in [0.1, 0.15) is 24.5 Å². The standard InChI is InChI=1S/C21H21F3N2O/c1-12-9-17-16(7-8-19(27)25-13(2)11-22)20(26-21(17)18(24)10-12)14-3-5-15(23)6-4-14/h3-6,9-10,13,26H,7-8,11H2,1-2H3,(H,25,27). The summed E-state index contributed by atoms with van der Waals surface area (Å²) in [5.41, 5.74) is 3.26. The molecule has 2 N–H and O–H groups in total. The molecule has 0 saturated heterocycles. The third kappa shape index (κ3) is 4.15. The Kier molecular flexibility index (Phi) is 5.54. The average Bonchev–Trinajstić information content (AvgIpc) is 2.99. The number of aromatic nitrogens is 1. The van der Waals surface area contributed by atoms with Crippen LogP contribution in [-0.4, -0.2) is 23.6 Å². The monoisotopic (exact) mass is 374 g/mol. The number of rotatable bonds is 6. The number of fused-ring (bicyclic) bond motifs is 1. The van der Waals surface area contributed by atoms with Crippen molar-refractivity contribution < 1.29 is 18.0 Å². The van der Waals surface area contributed by atoms with Gasteiger partial charge in [0.1, 0.15) is 18.3 Å². The van der Waals surface area contributed by atoms with E-state index >= 15 is 0 Å². The van der Waals surface area contributed by atoms with Crippen molar-refractivity contribution in [2.75, 3.05) is 6.67 Å². The number of nitrogens with one attached hydrogen (secondary N) is 2. The molecule has 0 saturated carbocycles. The summed E-state index contributed by atoms with van der Waals surface area (Å²) in [6.07, 6.45) is 0.488. The Morgan fingerprint density at radius 2 is 1.89 bits per heavy atom. The maximum absolute atomic E-state index is 14.4. The first-order chi connectivity index (χ1) is 12.9. The summed E-state index contributed by atoms with van der Waals surface area (Å²) in [5, 5.41) is 3.27. The second-order valence-corrected chi connectivity index (χ2v) is 6.78. The van der Waals surface area contributed by atoms with Crippen LogP contribution in [0.2, 0.25) is 0 Å². The molecular formula is C21H21F3N2O. The average molecular weight is 374 g/mol. The van der Waals surface area contributed by atoms with Crippen molar-refractivity contribution in [2.45, 2.75) is 32.7 Å². The van der Waals surface area contributed by atoms with Gasteiger partial charge in [0.25, 0.3) is 0 Å². The van der Waals surface area contributed by atoms with Crippen LogP contribution in [0.25, 0.3) is 22.2 Å². The maximum atomic E-state index is 14.4. The lowest BCUT2D eigenvalue weighted by atomic mass is 10.00. The topological polar surface area (TPSA) is 44.9 Å². The lowest BCUT2D eigenvalue weighted by Gasteiger charge is -2.10. The van der Waals surface area contributed by atoms with Crippen LogP contribution < -0.4 is 5.32 Å². The van der Waals surface area contributed by atoms with E-state index < -0.39 is 12.7 Å². The second-order valence-electron chi connectivity index (χ2n) is 6.78. The van der Waals surface area contributed by atoms with Gasteiger partial charge >= 0.3 is 0 Å². The molecule has 0 aliphatic heterocycles. The van der Waals surface area contributed by atoms with Gasteiger partial charge in [0.05, 0.1) is 11.6 Å². The molecule has 2 aromatic carbocycles. The first-order valence-electron chi connectivity index (χ1n) is 8.81. The first kappa shape index (κ1) is 19.0. The molecule has 1 aromatic heterocycles. The summed E-state index contributed by atoms with van der Waals surface area (Å²) in [7, 11) is 0. The number of H-pyrrole nitrogens is 1. The third-order valence-corrected chi connectivity index (χ3v) is 4.49. The molecule has 0 aliphatic rings. The zero-order chi connectivity index (χ0) is 19.6. The number of aryl methyl sites for hydroxylation is 2. The number of benzene rings is 2. The maximum Gasteiger partial charge on any atom is 0.220 e. The molecule has 0 radical (unpaired) electrons. The summed E-state index contributed by atoms with van der Waals surface area (Å²) in [6.45, 7) is 2.75. The number of aromatic amines is 1. The molecule has 27 heavy (non-hydrogen) atoms. The number of amides is 1. The summed E-state index contributed by atoms with van der Waals surface area (Å²) in [4.78, 5) is 15.1. The molecule has 1 atom stereocenters. The third-order valence-electron chi connectivity index (χ3n) is 4.49. The van der Waals surface area contributed by atoms with Gasteiger partial charge in [0.2, 0.25) is 5.91 Å². The molecule has 142 valence electrons. The van der Waals surface area contributed by atoms with Crippen LogP contribution in [0.5, 0.6) is 0 Å². The number of hydrogen-bond donors (Lipinski definition) is 2. The Balaban J connectivity index is 2.01. The second kappa shape index (κ2) is 7.86. The van der Waals surface area contributed by atoms with E-state index in [-0.39, 0.29) is 24.0 Å². The van der Waals surface area contributed by atoms with Crippen LogP contribution in [0, 0.1) is 18.6 Å². The Labute approximate surface area is 155 Å². The molecule has 0 spiro atoms. The molecule has 6 heteroatoms. The van der Waals surface area contributed by atoms with E-state index in [0.717, 1.165) is 11.1 Å². The molecule has 3 rings (SSSR count). The zero-order valence-electron chi connectivity index (χ0n) is 15.2. The van der Waals surface area contributed by atoms with Crippen LogP contribution in [0.15, 0.2) is 36.4 Å². The highest BCUT2D eigenvalue weighted by Gasteiger charge is 2.18. The summed E-state index contributed by atoms with van der Waals surface area (Å²) < 4.78 is 40.3. The van der Waals surface area contributed by atoms with E-state index in [2.05, 4.69) is 10.3 Å². The van der Waals surface area contributed by atoms with E-state index in [1.54, 1.807) is 26.0 Å². The Morgan fingerprint density at radius 1 is 1.19 bits per heavy atom. The lowest BCUT2D eigenvalue weighted by Crippen LogP contribution is -2.34. The number of hydrogen-bond acceptors (Lipinski definition) is 1. The summed E-state index contributed by atoms with van der Waals surface area (Å²) >= 11 is 0. The van der Waals surface area contributed by atoms with Crippen LogP contribution in [0.3, 0.4) is 0 Å². The molecule has 0 bridgehead atoms. The molecule has 3 aromatic rings. The van der Waals surface area contributed by atoms with Gasteiger partial charge in [-0.15, -0.1) is 0 Å². The highest BCUT2D eigenvalue weighted by Crippen LogP contribution is 2.33. The van der Waals surface area contributed by atoms with Crippen LogP contribution >= 0.6 is 0 Å². The van der Waals surface area contributed by atoms with Crippen molar-refractivity contribution in [3.63, 3.8) is 0 Å². The van der Waals surface area contributed by atoms with Crippen LogP contribution in [0.4, 0.5) is 13.2 Å². The lowest BCUT2D eigenvalue weighted by molar-refractivity contribution is -0.121. The molecule has 1 amide bonds. The van der Waals surface area contributed by atoms with Crippen LogP contribution in [-0.2, 0) is 11.2 Å². The fourth-order valence-corrected chi connectivity index (χ4v) is 3.19. The van der Waals surface area contributed by atoms with E-state index in [1.165, 1.54) is 18.2 Å². The fourth-order valence-electron chi connectivity index (χ4n) is 3.19. The smallest absolute Gasteiger partial charge is 0.220 e. The zero-order valence-corrected chi connectivity index (χ0v) is 15.2. The number of halogens is 3. The fraction of sp³-hybridized carbons (Fsp3) is 0.286. The van der Waals surface area contributed by atoms with Crippen molar-refractivity contribution in [3.05, 3.63) is 59.2 Å². The minimum absolute atomic E-state index is 0.140. The van der Waals surface area contributed by atoms with Gasteiger partial charge < -0.3 is 10.3 Å². The molecular weight excluding hydrogens is 353 g/mol. The van der Waals surface area contributed by atoms with E-state index in [9.17, 15) is 18.0 Å². The van der Waals surface area contributed by atoms with Gasteiger partial charge in [-0.05, 0) is 73.4 Å². The first-order valence-corrected chi connectivity index (χ1v) is 8.81. The highest BCUT2D eigenvalue weighted by atomic mass is 19.1. The van der Waals surface area contributed by atoms with E-state index in [0.29, 0.717) is 28.6 Å². The van der Waals surface area contributed by atoms with Crippen molar-refractivity contribution in [3.8, 4) is 11.3 Å². The Hall–Kier alpha value is -2.76. The Morgan fingerprint density at radius 3 is 2.56 bits per heavy atom. The minimum atomic E-state index is -0.635. The van der Waals surface area contributed by atoms with Crippen molar-refractivity contribution >= 4 is 16.8 Å². The molecule has 0 fully saturated rings. The minimum Gasteiger partial charge on any atom is -0.352 e. The molecule has 1 unspecified atom stereocenters. The van der Waals surface area contributed by atoms with Gasteiger partial charge in [-0.25, -0.2) is 13.2 Å². The van der Waals surface area contributed by atoms with Crippen molar-refractivity contribution in [1.29, 1.82) is 0 Å². The predicted octanol–water partition coefficient (Wildman–Crippen LogP) is 4.83. The van der Waals surface area contributed by atoms with Gasteiger partial charge in [-0.3, -0.25) is 4.79 Å². The SMILES string of the molecule is Cc1cc(F)c2[nH]c(-c3ccc(F)cc3)c(CCC(=O)NC(C)CF)c2c1. The molecule has 0 aliphatic carbocycles. The number of carbonyl (C=O) groups is 1. The Bertz CT molecular complexity index is 964. The van der Waals surface area contributed by atoms with Gasteiger partial charge in [-0.1, -0.05) is 0 Å². The largest absolute Gasteiger partial charge is 0.352 e. The summed E-state index contributed by atoms with van der Waals surface area (Å²) in [6, 6.07) is 8.64. The van der Waals surface area contributed by atoms with Crippen molar-refractivity contribution in [1.82, 2.24) is 10.3 Å². The van der Waals surface area contributed by atoms with E-state index in [4.69, 9.17) is 0 Å². The molecule has 3 nitrogen and oxygen atoms in total. The van der Waals surface area contributed by atoms with Gasteiger partial charge in [0.15, 0.2) is 0 Å². The highest BCUT2D eigenvalue weighted by molar-refractivity contribution is 5.92. The van der Waals surface area contributed by atoms with Crippen molar-refractivity contribution in [2.24, 2.45) is 0 Å². The predicted molar refractivity (Wildman–Crippen MR) is 100 cm³/mol. The number of alkyl halides is 1. The van der Waals surface area contributed by atoms with E-state index in [1.807, 2.05) is 6.07 Å². The van der Waals surface area contributed by atoms with Gasteiger partial charge in [0, 0.05) is 17.5 Å².